The number of halogens is 1. The SMILES string of the molecule is CS(=O)(=O)N[C@H](CCC1CCNCC1)C(=O)N1C[C@H](OCc2ccc(Cl)cc2)C[C@H]1C(=O)N[C@@H](CC1CC1)C(=O)C(=O)NCCC1COc2ccccc2O1. The van der Waals surface area contributed by atoms with Crippen LogP contribution in [0.15, 0.2) is 48.5 Å². The Morgan fingerprint density at radius 2 is 1.69 bits per heavy atom. The number of carbonyl (C=O) groups excluding carboxylic acids is 4. The van der Waals surface area contributed by atoms with E-state index in [-0.39, 0.29) is 44.6 Å². The summed E-state index contributed by atoms with van der Waals surface area (Å²) >= 11 is 6.05. The average Bonchev–Trinajstić information content (AvgIpc) is 3.89. The fraction of sp³-hybridized carbons (Fsp3) is 0.590. The predicted octanol–water partition coefficient (Wildman–Crippen LogP) is 2.72. The van der Waals surface area contributed by atoms with Crippen molar-refractivity contribution in [2.24, 2.45) is 11.8 Å². The molecule has 4 N–H and O–H groups in total. The number of rotatable bonds is 18. The van der Waals surface area contributed by atoms with Gasteiger partial charge >= 0.3 is 0 Å². The first-order valence-corrected chi connectivity index (χ1v) is 21.5. The van der Waals surface area contributed by atoms with Gasteiger partial charge in [0.25, 0.3) is 5.91 Å². The van der Waals surface area contributed by atoms with Gasteiger partial charge in [-0.05, 0) is 86.9 Å². The first-order valence-electron chi connectivity index (χ1n) is 19.3. The van der Waals surface area contributed by atoms with Crippen LogP contribution in [0, 0.1) is 11.8 Å². The fourth-order valence-electron chi connectivity index (χ4n) is 7.45. The number of benzene rings is 2. The Morgan fingerprint density at radius 1 is 0.964 bits per heavy atom. The highest BCUT2D eigenvalue weighted by atomic mass is 35.5. The van der Waals surface area contributed by atoms with Crippen molar-refractivity contribution in [2.75, 3.05) is 39.0 Å². The lowest BCUT2D eigenvalue weighted by molar-refractivity contribution is -0.143. The van der Waals surface area contributed by atoms with E-state index in [1.54, 1.807) is 18.2 Å². The molecule has 1 unspecified atom stereocenters. The van der Waals surface area contributed by atoms with E-state index in [1.165, 1.54) is 4.90 Å². The van der Waals surface area contributed by atoms with Crippen LogP contribution < -0.4 is 30.1 Å². The molecule has 0 bridgehead atoms. The Bertz CT molecular complexity index is 1770. The molecule has 3 aliphatic heterocycles. The number of para-hydroxylation sites is 2. The summed E-state index contributed by atoms with van der Waals surface area (Å²) in [5.74, 6) is -0.921. The van der Waals surface area contributed by atoms with Gasteiger partial charge in [-0.1, -0.05) is 48.7 Å². The Hall–Kier alpha value is -3.76. The van der Waals surface area contributed by atoms with E-state index < -0.39 is 57.8 Å². The minimum Gasteiger partial charge on any atom is -0.486 e. The number of fused-ring (bicyclic) bond motifs is 1. The number of nitrogens with zero attached hydrogens (tertiary/aromatic N) is 1. The van der Waals surface area contributed by atoms with Crippen molar-refractivity contribution in [3.63, 3.8) is 0 Å². The Morgan fingerprint density at radius 3 is 2.40 bits per heavy atom. The van der Waals surface area contributed by atoms with Crippen LogP contribution in [0.2, 0.25) is 5.02 Å². The zero-order chi connectivity index (χ0) is 39.0. The molecule has 5 atom stereocenters. The van der Waals surface area contributed by atoms with Crippen molar-refractivity contribution in [1.29, 1.82) is 0 Å². The zero-order valence-corrected chi connectivity index (χ0v) is 32.7. The maximum absolute atomic E-state index is 14.3. The summed E-state index contributed by atoms with van der Waals surface area (Å²) in [4.78, 5) is 56.6. The summed E-state index contributed by atoms with van der Waals surface area (Å²) in [6, 6.07) is 11.2. The van der Waals surface area contributed by atoms with Gasteiger partial charge in [-0.2, -0.15) is 0 Å². The van der Waals surface area contributed by atoms with E-state index in [0.29, 0.717) is 48.3 Å². The minimum absolute atomic E-state index is 0.0406. The largest absolute Gasteiger partial charge is 0.486 e. The molecule has 1 aliphatic carbocycles. The second-order valence-corrected chi connectivity index (χ2v) is 17.4. The van der Waals surface area contributed by atoms with Crippen LogP contribution in [-0.4, -0.2) is 106 Å². The predicted molar refractivity (Wildman–Crippen MR) is 205 cm³/mol. The molecule has 3 amide bonds. The van der Waals surface area contributed by atoms with Gasteiger partial charge in [0.2, 0.25) is 27.6 Å². The quantitative estimate of drug-likeness (QED) is 0.164. The number of sulfonamides is 1. The summed E-state index contributed by atoms with van der Waals surface area (Å²) < 4.78 is 45.4. The molecule has 2 aromatic carbocycles. The standard InChI is InChI=1S/C39H52ClN5O9S/c1-55(50,51)44-31(13-10-25-14-17-41-18-15-25)39(49)45-22-30(52-23-27-8-11-28(40)12-9-27)21-33(45)37(47)43-32(20-26-6-7-26)36(46)38(48)42-19-16-29-24-53-34-4-2-3-5-35(34)54-29/h2-5,8-9,11-12,25-26,29-33,41,44H,6-7,10,13-24H2,1H3,(H,42,48)(H,43,47)/t29?,30-,31-,32+,33+/m1/s1. The molecular formula is C39H52ClN5O9S. The van der Waals surface area contributed by atoms with Gasteiger partial charge in [0.15, 0.2) is 11.5 Å². The average molecular weight is 802 g/mol. The van der Waals surface area contributed by atoms with Gasteiger partial charge in [-0.25, -0.2) is 13.1 Å². The minimum atomic E-state index is -3.78. The van der Waals surface area contributed by atoms with E-state index in [2.05, 4.69) is 20.7 Å². The molecule has 16 heteroatoms. The Labute approximate surface area is 327 Å². The summed E-state index contributed by atoms with van der Waals surface area (Å²) in [5, 5.41) is 9.39. The van der Waals surface area contributed by atoms with Crippen LogP contribution in [0.4, 0.5) is 0 Å². The van der Waals surface area contributed by atoms with Crippen LogP contribution in [0.3, 0.4) is 0 Å². The monoisotopic (exact) mass is 801 g/mol. The highest BCUT2D eigenvalue weighted by Crippen LogP contribution is 2.34. The Kier molecular flexibility index (Phi) is 14.1. The highest BCUT2D eigenvalue weighted by molar-refractivity contribution is 7.88. The van der Waals surface area contributed by atoms with Gasteiger partial charge in [0.1, 0.15) is 24.8 Å². The normalized spacial score (nSPS) is 22.4. The van der Waals surface area contributed by atoms with Gasteiger partial charge in [-0.3, -0.25) is 19.2 Å². The molecule has 0 aromatic heterocycles. The van der Waals surface area contributed by atoms with Gasteiger partial charge in [0, 0.05) is 31.0 Å². The van der Waals surface area contributed by atoms with Gasteiger partial charge in [0.05, 0.1) is 25.0 Å². The number of carbonyl (C=O) groups is 4. The number of hydrogen-bond donors (Lipinski definition) is 4. The van der Waals surface area contributed by atoms with Crippen molar-refractivity contribution < 1.29 is 41.8 Å². The molecule has 1 saturated carbocycles. The molecule has 4 aliphatic rings. The lowest BCUT2D eigenvalue weighted by atomic mass is 9.91. The van der Waals surface area contributed by atoms with E-state index in [1.807, 2.05) is 30.3 Å². The number of amides is 3. The third-order valence-electron chi connectivity index (χ3n) is 10.7. The molecule has 55 heavy (non-hydrogen) atoms. The molecule has 2 saturated heterocycles. The number of ketones is 1. The molecule has 14 nitrogen and oxygen atoms in total. The molecule has 3 fully saturated rings. The third kappa shape index (κ3) is 12.1. The number of ether oxygens (including phenoxy) is 3. The number of Topliss-reactive ketones (excluding diaryl/α,β-unsaturated/α-hetero) is 1. The summed E-state index contributed by atoms with van der Waals surface area (Å²) in [5.41, 5.74) is 0.849. The molecule has 0 radical (unpaired) electrons. The van der Waals surface area contributed by atoms with Gasteiger partial charge < -0.3 is 35.1 Å². The van der Waals surface area contributed by atoms with Crippen molar-refractivity contribution >= 4 is 45.1 Å². The van der Waals surface area contributed by atoms with Crippen LogP contribution in [0.5, 0.6) is 11.5 Å². The second-order valence-electron chi connectivity index (χ2n) is 15.2. The molecule has 2 aromatic rings. The lowest BCUT2D eigenvalue weighted by Crippen LogP contribution is -2.56. The van der Waals surface area contributed by atoms with Crippen LogP contribution in [0.1, 0.15) is 63.4 Å². The molecule has 6 rings (SSSR count). The number of piperidine rings is 1. The number of likely N-dealkylation sites (tertiary alicyclic amines) is 1. The third-order valence-corrected chi connectivity index (χ3v) is 11.6. The smallest absolute Gasteiger partial charge is 0.289 e. The lowest BCUT2D eigenvalue weighted by Gasteiger charge is -2.30. The summed E-state index contributed by atoms with van der Waals surface area (Å²) in [6.45, 7) is 2.43. The van der Waals surface area contributed by atoms with Gasteiger partial charge in [-0.15, -0.1) is 0 Å². The fourth-order valence-corrected chi connectivity index (χ4v) is 8.31. The van der Waals surface area contributed by atoms with Crippen molar-refractivity contribution in [3.05, 3.63) is 59.1 Å². The van der Waals surface area contributed by atoms with Crippen molar-refractivity contribution in [1.82, 2.24) is 25.6 Å². The number of nitrogens with one attached hydrogen (secondary N) is 4. The summed E-state index contributed by atoms with van der Waals surface area (Å²) in [6.07, 6.45) is 5.49. The molecular weight excluding hydrogens is 750 g/mol. The maximum atomic E-state index is 14.3. The van der Waals surface area contributed by atoms with E-state index in [9.17, 15) is 27.6 Å². The zero-order valence-electron chi connectivity index (χ0n) is 31.2. The highest BCUT2D eigenvalue weighted by Gasteiger charge is 2.44. The number of hydrogen-bond acceptors (Lipinski definition) is 10. The van der Waals surface area contributed by atoms with E-state index >= 15 is 0 Å². The second kappa shape index (κ2) is 18.9. The van der Waals surface area contributed by atoms with Crippen LogP contribution in [-0.2, 0) is 40.5 Å². The van der Waals surface area contributed by atoms with Crippen LogP contribution >= 0.6 is 11.6 Å². The molecule has 3 heterocycles. The first kappa shape index (κ1) is 40.9. The maximum Gasteiger partial charge on any atom is 0.289 e. The van der Waals surface area contributed by atoms with E-state index in [4.69, 9.17) is 25.8 Å². The van der Waals surface area contributed by atoms with Crippen LogP contribution in [0.25, 0.3) is 0 Å². The topological polar surface area (TPSA) is 181 Å². The van der Waals surface area contributed by atoms with Crippen molar-refractivity contribution in [2.45, 2.75) is 94.7 Å². The van der Waals surface area contributed by atoms with E-state index in [0.717, 1.165) is 50.6 Å². The summed E-state index contributed by atoms with van der Waals surface area (Å²) in [7, 11) is -3.78. The Balaban J connectivity index is 1.12. The molecule has 300 valence electrons. The molecule has 0 spiro atoms. The van der Waals surface area contributed by atoms with Crippen molar-refractivity contribution in [3.8, 4) is 11.5 Å². The first-order chi connectivity index (χ1) is 26.4.